The van der Waals surface area contributed by atoms with E-state index in [9.17, 15) is 9.59 Å². The van der Waals surface area contributed by atoms with Gasteiger partial charge in [-0.1, -0.05) is 40.5 Å². The average molecular weight is 512 g/mol. The molecule has 200 valence electrons. The predicted molar refractivity (Wildman–Crippen MR) is 137 cm³/mol. The molecule has 1 amide bonds. The summed E-state index contributed by atoms with van der Waals surface area (Å²) in [5, 5.41) is -0.0814. The van der Waals surface area contributed by atoms with Crippen LogP contribution in [-0.4, -0.2) is 63.5 Å². The van der Waals surface area contributed by atoms with Crippen molar-refractivity contribution in [1.29, 1.82) is 0 Å². The van der Waals surface area contributed by atoms with Gasteiger partial charge in [-0.2, -0.15) is 0 Å². The van der Waals surface area contributed by atoms with Gasteiger partial charge in [0.1, 0.15) is 22.5 Å². The molecule has 0 saturated carbocycles. The molecule has 9 heteroatoms. The van der Waals surface area contributed by atoms with Gasteiger partial charge in [-0.15, -0.1) is 0 Å². The van der Waals surface area contributed by atoms with Crippen LogP contribution in [0.1, 0.15) is 74.1 Å². The van der Waals surface area contributed by atoms with Gasteiger partial charge in [-0.25, -0.2) is 9.59 Å². The Morgan fingerprint density at radius 1 is 1.14 bits per heavy atom. The summed E-state index contributed by atoms with van der Waals surface area (Å²) in [5.74, 6) is 0.546. The van der Waals surface area contributed by atoms with Gasteiger partial charge >= 0.3 is 12.1 Å². The Balaban J connectivity index is 2.81. The number of unbranched alkanes of at least 4 members (excludes halogenated alkanes) is 1. The number of carbonyl (C=O) groups excluding carboxylic acids is 2. The number of carbonyl (C=O) groups is 2. The molecule has 2 heterocycles. The van der Waals surface area contributed by atoms with Gasteiger partial charge in [0.25, 0.3) is 0 Å². The first kappa shape index (κ1) is 29.2. The quantitative estimate of drug-likeness (QED) is 0.217. The van der Waals surface area contributed by atoms with Crippen molar-refractivity contribution in [2.45, 2.75) is 109 Å². The van der Waals surface area contributed by atoms with E-state index < -0.39 is 31.5 Å². The number of amides is 1. The van der Waals surface area contributed by atoms with Crippen LogP contribution in [0.4, 0.5) is 4.79 Å². The van der Waals surface area contributed by atoms with Gasteiger partial charge in [0.15, 0.2) is 6.79 Å². The van der Waals surface area contributed by atoms with E-state index in [-0.39, 0.29) is 17.9 Å². The fourth-order valence-corrected chi connectivity index (χ4v) is 5.45. The van der Waals surface area contributed by atoms with Crippen LogP contribution >= 0.6 is 0 Å². The lowest BCUT2D eigenvalue weighted by Crippen LogP contribution is -2.60. The SMILES string of the molecule is CCCCC12C(OCOC)=CC(CC(O[Si](C)(C)C(C)(C)C)=C1C(=O)OC)N2C(=O)OC(C)(C)C. The standard InChI is InChI=1S/C26H45NO7Si/c1-12-13-14-26-20(32-17-30-8)16-18(27(26)23(29)33-24(2,3)4)15-19(21(26)22(28)31-9)34-35(10,11)25(5,6)7/h16,18H,12-15,17H2,1-11H3. The molecule has 0 saturated heterocycles. The highest BCUT2D eigenvalue weighted by Gasteiger charge is 2.62. The lowest BCUT2D eigenvalue weighted by molar-refractivity contribution is -0.138. The van der Waals surface area contributed by atoms with Crippen molar-refractivity contribution in [3.8, 4) is 0 Å². The van der Waals surface area contributed by atoms with Gasteiger partial charge in [0, 0.05) is 13.5 Å². The fourth-order valence-electron chi connectivity index (χ4n) is 4.34. The van der Waals surface area contributed by atoms with E-state index in [1.165, 1.54) is 14.2 Å². The number of rotatable bonds is 9. The molecule has 2 bridgehead atoms. The molecule has 0 aromatic carbocycles. The van der Waals surface area contributed by atoms with Gasteiger partial charge < -0.3 is 23.4 Å². The molecule has 35 heavy (non-hydrogen) atoms. The molecule has 0 spiro atoms. The third kappa shape index (κ3) is 5.88. The summed E-state index contributed by atoms with van der Waals surface area (Å²) in [6, 6.07) is -0.387. The monoisotopic (exact) mass is 511 g/mol. The maximum absolute atomic E-state index is 13.6. The smallest absolute Gasteiger partial charge is 0.411 e. The van der Waals surface area contributed by atoms with Crippen LogP contribution in [0, 0.1) is 0 Å². The Bertz CT molecular complexity index is 866. The number of fused-ring (bicyclic) bond motifs is 2. The molecule has 0 aliphatic carbocycles. The van der Waals surface area contributed by atoms with Gasteiger partial charge in [0.2, 0.25) is 8.32 Å². The molecular weight excluding hydrogens is 466 g/mol. The lowest BCUT2D eigenvalue weighted by atomic mass is 9.79. The molecular formula is C26H45NO7Si. The van der Waals surface area contributed by atoms with Crippen molar-refractivity contribution in [3.63, 3.8) is 0 Å². The molecule has 2 atom stereocenters. The molecule has 0 aromatic rings. The highest BCUT2D eigenvalue weighted by molar-refractivity contribution is 6.74. The van der Waals surface area contributed by atoms with Crippen LogP contribution in [0.25, 0.3) is 0 Å². The molecule has 2 aliphatic heterocycles. The van der Waals surface area contributed by atoms with Crippen LogP contribution in [0.3, 0.4) is 0 Å². The first-order chi connectivity index (χ1) is 16.1. The van der Waals surface area contributed by atoms with Gasteiger partial charge in [0.05, 0.1) is 18.9 Å². The zero-order valence-corrected chi connectivity index (χ0v) is 24.5. The Morgan fingerprint density at radius 2 is 1.77 bits per heavy atom. The number of hydrogen-bond donors (Lipinski definition) is 0. The molecule has 2 aliphatic rings. The Morgan fingerprint density at radius 3 is 2.26 bits per heavy atom. The first-order valence-corrected chi connectivity index (χ1v) is 15.3. The molecule has 0 fully saturated rings. The molecule has 8 nitrogen and oxygen atoms in total. The van der Waals surface area contributed by atoms with E-state index in [2.05, 4.69) is 40.8 Å². The average Bonchev–Trinajstić information content (AvgIpc) is 2.94. The van der Waals surface area contributed by atoms with E-state index in [0.717, 1.165) is 12.8 Å². The third-order valence-electron chi connectivity index (χ3n) is 6.97. The topological polar surface area (TPSA) is 83.5 Å². The normalized spacial score (nSPS) is 22.7. The lowest BCUT2D eigenvalue weighted by Gasteiger charge is -2.48. The number of ether oxygens (including phenoxy) is 4. The van der Waals surface area contributed by atoms with E-state index in [0.29, 0.717) is 29.9 Å². The Kier molecular flexibility index (Phi) is 8.81. The molecule has 2 rings (SSSR count). The van der Waals surface area contributed by atoms with E-state index >= 15 is 0 Å². The maximum Gasteiger partial charge on any atom is 0.411 e. The molecule has 0 radical (unpaired) electrons. The Hall–Kier alpha value is -2.00. The van der Waals surface area contributed by atoms with Crippen LogP contribution < -0.4 is 0 Å². The predicted octanol–water partition coefficient (Wildman–Crippen LogP) is 5.89. The largest absolute Gasteiger partial charge is 0.546 e. The minimum atomic E-state index is -2.31. The fraction of sp³-hybridized carbons (Fsp3) is 0.769. The summed E-state index contributed by atoms with van der Waals surface area (Å²) in [5.41, 5.74) is -1.59. The van der Waals surface area contributed by atoms with E-state index in [1.54, 1.807) is 4.90 Å². The third-order valence-corrected chi connectivity index (χ3v) is 11.3. The zero-order chi connectivity index (χ0) is 26.8. The van der Waals surface area contributed by atoms with Gasteiger partial charge in [-0.05, 0) is 51.4 Å². The van der Waals surface area contributed by atoms with E-state index in [4.69, 9.17) is 23.4 Å². The number of nitrogens with zero attached hydrogens (tertiary/aromatic N) is 1. The highest BCUT2D eigenvalue weighted by Crippen LogP contribution is 2.53. The van der Waals surface area contributed by atoms with Crippen molar-refractivity contribution in [2.75, 3.05) is 21.0 Å². The van der Waals surface area contributed by atoms with Crippen LogP contribution in [0.2, 0.25) is 18.1 Å². The van der Waals surface area contributed by atoms with Crippen molar-refractivity contribution in [3.05, 3.63) is 23.2 Å². The van der Waals surface area contributed by atoms with Crippen molar-refractivity contribution in [1.82, 2.24) is 4.90 Å². The highest BCUT2D eigenvalue weighted by atomic mass is 28.4. The Labute approximate surface area is 212 Å². The van der Waals surface area contributed by atoms with Crippen molar-refractivity contribution in [2.24, 2.45) is 0 Å². The summed E-state index contributed by atoms with van der Waals surface area (Å²) in [6.45, 7) is 18.3. The molecule has 2 unspecified atom stereocenters. The molecule has 0 aromatic heterocycles. The minimum Gasteiger partial charge on any atom is -0.546 e. The summed E-state index contributed by atoms with van der Waals surface area (Å²) in [7, 11) is 0.577. The summed E-state index contributed by atoms with van der Waals surface area (Å²) in [4.78, 5) is 28.8. The van der Waals surface area contributed by atoms with Crippen LogP contribution in [0.5, 0.6) is 0 Å². The second-order valence-corrected chi connectivity index (χ2v) is 16.5. The van der Waals surface area contributed by atoms with Gasteiger partial charge in [-0.3, -0.25) is 4.90 Å². The first-order valence-electron chi connectivity index (χ1n) is 12.4. The van der Waals surface area contributed by atoms with E-state index in [1.807, 2.05) is 26.8 Å². The summed E-state index contributed by atoms with van der Waals surface area (Å²) >= 11 is 0. The van der Waals surface area contributed by atoms with Crippen molar-refractivity contribution >= 4 is 20.4 Å². The van der Waals surface area contributed by atoms with Crippen LogP contribution in [0.15, 0.2) is 23.2 Å². The maximum atomic E-state index is 13.6. The molecule has 0 N–H and O–H groups in total. The number of hydrogen-bond acceptors (Lipinski definition) is 7. The number of methoxy groups -OCH3 is 2. The minimum absolute atomic E-state index is 0.0124. The second kappa shape index (κ2) is 10.5. The summed E-state index contributed by atoms with van der Waals surface area (Å²) in [6.07, 6.45) is 3.81. The summed E-state index contributed by atoms with van der Waals surface area (Å²) < 4.78 is 29.1. The second-order valence-electron chi connectivity index (χ2n) is 11.8. The zero-order valence-electron chi connectivity index (χ0n) is 23.5. The van der Waals surface area contributed by atoms with Crippen LogP contribution in [-0.2, 0) is 28.2 Å². The number of esters is 1. The van der Waals surface area contributed by atoms with Crippen molar-refractivity contribution < 1.29 is 33.0 Å².